The molecule has 1 N–H and O–H groups in total. The number of likely N-dealkylation sites (tertiary alicyclic amines) is 1. The maximum atomic E-state index is 12.9. The van der Waals surface area contributed by atoms with E-state index in [0.717, 1.165) is 5.56 Å². The predicted molar refractivity (Wildman–Crippen MR) is 66.9 cm³/mol. The van der Waals surface area contributed by atoms with Crippen molar-refractivity contribution in [2.45, 2.75) is 25.8 Å². The van der Waals surface area contributed by atoms with Crippen LogP contribution in [0.15, 0.2) is 24.3 Å². The zero-order chi connectivity index (χ0) is 14.0. The zero-order valence-electron chi connectivity index (χ0n) is 10.7. The highest BCUT2D eigenvalue weighted by molar-refractivity contribution is 5.75. The molecule has 0 aliphatic carbocycles. The Kier molecular flexibility index (Phi) is 3.83. The fourth-order valence-electron chi connectivity index (χ4n) is 2.57. The van der Waals surface area contributed by atoms with Gasteiger partial charge in [0.1, 0.15) is 5.82 Å². The van der Waals surface area contributed by atoms with Gasteiger partial charge in [-0.2, -0.15) is 0 Å². The van der Waals surface area contributed by atoms with Gasteiger partial charge in [0.15, 0.2) is 0 Å². The number of aliphatic carboxylic acids is 1. The van der Waals surface area contributed by atoms with Crippen LogP contribution in [0.4, 0.5) is 4.39 Å². The van der Waals surface area contributed by atoms with Crippen LogP contribution in [0.25, 0.3) is 0 Å². The molecule has 19 heavy (non-hydrogen) atoms. The molecule has 1 amide bonds. The second-order valence-corrected chi connectivity index (χ2v) is 4.84. The third-order valence-corrected chi connectivity index (χ3v) is 3.61. The van der Waals surface area contributed by atoms with Crippen molar-refractivity contribution in [3.05, 3.63) is 35.6 Å². The van der Waals surface area contributed by atoms with Gasteiger partial charge in [-0.3, -0.25) is 9.59 Å². The molecular weight excluding hydrogens is 249 g/mol. The predicted octanol–water partition coefficient (Wildman–Crippen LogP) is 2.21. The van der Waals surface area contributed by atoms with E-state index in [0.29, 0.717) is 19.4 Å². The van der Waals surface area contributed by atoms with E-state index in [1.54, 1.807) is 17.0 Å². The topological polar surface area (TPSA) is 57.6 Å². The maximum Gasteiger partial charge on any atom is 0.306 e. The molecule has 1 fully saturated rings. The smallest absolute Gasteiger partial charge is 0.306 e. The normalized spacial score (nSPS) is 23.2. The quantitative estimate of drug-likeness (QED) is 0.892. The average Bonchev–Trinajstić information content (AvgIpc) is 2.38. The van der Waals surface area contributed by atoms with Crippen LogP contribution in [0.2, 0.25) is 0 Å². The zero-order valence-corrected chi connectivity index (χ0v) is 10.7. The Bertz CT molecular complexity index is 486. The molecule has 2 atom stereocenters. The van der Waals surface area contributed by atoms with Crippen LogP contribution in [0.5, 0.6) is 0 Å². The number of piperidine rings is 1. The van der Waals surface area contributed by atoms with Crippen LogP contribution in [-0.4, -0.2) is 28.4 Å². The first-order chi connectivity index (χ1) is 8.99. The highest BCUT2D eigenvalue weighted by atomic mass is 19.1. The van der Waals surface area contributed by atoms with Gasteiger partial charge >= 0.3 is 5.97 Å². The minimum Gasteiger partial charge on any atom is -0.481 e. The molecule has 0 radical (unpaired) electrons. The lowest BCUT2D eigenvalue weighted by Crippen LogP contribution is -2.41. The van der Waals surface area contributed by atoms with Crippen molar-refractivity contribution >= 4 is 11.9 Å². The Hall–Kier alpha value is -1.91. The maximum absolute atomic E-state index is 12.9. The number of hydrogen-bond acceptors (Lipinski definition) is 2. The number of hydrogen-bond donors (Lipinski definition) is 1. The second kappa shape index (κ2) is 5.38. The summed E-state index contributed by atoms with van der Waals surface area (Å²) in [6, 6.07) is 5.60. The Morgan fingerprint density at radius 1 is 1.32 bits per heavy atom. The van der Waals surface area contributed by atoms with Crippen molar-refractivity contribution < 1.29 is 19.1 Å². The minimum atomic E-state index is -0.838. The van der Waals surface area contributed by atoms with Gasteiger partial charge in [0.05, 0.1) is 12.0 Å². The Balaban J connectivity index is 2.27. The van der Waals surface area contributed by atoms with Gasteiger partial charge in [0, 0.05) is 13.5 Å². The van der Waals surface area contributed by atoms with Crippen LogP contribution in [0.3, 0.4) is 0 Å². The summed E-state index contributed by atoms with van der Waals surface area (Å²) in [5, 5.41) is 9.11. The van der Waals surface area contributed by atoms with E-state index in [1.165, 1.54) is 19.1 Å². The van der Waals surface area contributed by atoms with Crippen LogP contribution >= 0.6 is 0 Å². The summed E-state index contributed by atoms with van der Waals surface area (Å²) in [6.45, 7) is 1.89. The van der Waals surface area contributed by atoms with Crippen molar-refractivity contribution in [2.24, 2.45) is 5.92 Å². The Morgan fingerprint density at radius 3 is 2.47 bits per heavy atom. The van der Waals surface area contributed by atoms with Crippen molar-refractivity contribution in [2.75, 3.05) is 6.54 Å². The molecule has 1 aliphatic heterocycles. The third-order valence-electron chi connectivity index (χ3n) is 3.61. The monoisotopic (exact) mass is 265 g/mol. The van der Waals surface area contributed by atoms with Crippen molar-refractivity contribution in [1.29, 1.82) is 0 Å². The number of amides is 1. The number of carbonyl (C=O) groups is 2. The molecular formula is C14H16FNO3. The van der Waals surface area contributed by atoms with Gasteiger partial charge in [-0.15, -0.1) is 0 Å². The molecule has 102 valence electrons. The number of halogens is 1. The van der Waals surface area contributed by atoms with E-state index >= 15 is 0 Å². The van der Waals surface area contributed by atoms with Crippen molar-refractivity contribution in [3.8, 4) is 0 Å². The van der Waals surface area contributed by atoms with Gasteiger partial charge in [0.25, 0.3) is 0 Å². The first-order valence-electron chi connectivity index (χ1n) is 6.24. The van der Waals surface area contributed by atoms with E-state index in [9.17, 15) is 14.0 Å². The lowest BCUT2D eigenvalue weighted by Gasteiger charge is -2.38. The highest BCUT2D eigenvalue weighted by Crippen LogP contribution is 2.34. The van der Waals surface area contributed by atoms with Gasteiger partial charge in [0.2, 0.25) is 5.91 Å². The summed E-state index contributed by atoms with van der Waals surface area (Å²) in [6.07, 6.45) is 0.840. The van der Waals surface area contributed by atoms with E-state index in [2.05, 4.69) is 0 Å². The fourth-order valence-corrected chi connectivity index (χ4v) is 2.57. The number of carboxylic acids is 1. The Morgan fingerprint density at radius 2 is 1.95 bits per heavy atom. The number of carbonyl (C=O) groups excluding carboxylic acids is 1. The van der Waals surface area contributed by atoms with E-state index in [-0.39, 0.29) is 17.8 Å². The van der Waals surface area contributed by atoms with Crippen LogP contribution < -0.4 is 0 Å². The molecule has 1 saturated heterocycles. The third kappa shape index (κ3) is 2.92. The first-order valence-corrected chi connectivity index (χ1v) is 6.24. The van der Waals surface area contributed by atoms with Crippen LogP contribution in [-0.2, 0) is 9.59 Å². The molecule has 0 bridgehead atoms. The molecule has 0 spiro atoms. The largest absolute Gasteiger partial charge is 0.481 e. The average molecular weight is 265 g/mol. The van der Waals surface area contributed by atoms with Crippen LogP contribution in [0, 0.1) is 11.7 Å². The van der Waals surface area contributed by atoms with E-state index in [4.69, 9.17) is 5.11 Å². The molecule has 1 aliphatic rings. The summed E-state index contributed by atoms with van der Waals surface area (Å²) < 4.78 is 12.9. The summed E-state index contributed by atoms with van der Waals surface area (Å²) in [7, 11) is 0. The molecule has 1 aromatic carbocycles. The lowest BCUT2D eigenvalue weighted by molar-refractivity contribution is -0.147. The molecule has 0 saturated carbocycles. The summed E-state index contributed by atoms with van der Waals surface area (Å²) in [5.74, 6) is -1.72. The highest BCUT2D eigenvalue weighted by Gasteiger charge is 2.34. The molecule has 2 rings (SSSR count). The lowest BCUT2D eigenvalue weighted by atomic mass is 9.87. The van der Waals surface area contributed by atoms with E-state index in [1.807, 2.05) is 0 Å². The number of rotatable bonds is 2. The second-order valence-electron chi connectivity index (χ2n) is 4.84. The standard InChI is InChI=1S/C14H16FNO3/c1-9(17)16-7-6-11(14(18)19)8-13(16)10-2-4-12(15)5-3-10/h2-5,11,13H,6-8H2,1H3,(H,18,19). The number of benzene rings is 1. The van der Waals surface area contributed by atoms with Crippen LogP contribution in [0.1, 0.15) is 31.4 Å². The fraction of sp³-hybridized carbons (Fsp3) is 0.429. The molecule has 2 unspecified atom stereocenters. The van der Waals surface area contributed by atoms with Gasteiger partial charge < -0.3 is 10.0 Å². The van der Waals surface area contributed by atoms with Crippen molar-refractivity contribution in [3.63, 3.8) is 0 Å². The van der Waals surface area contributed by atoms with Gasteiger partial charge in [-0.1, -0.05) is 12.1 Å². The molecule has 1 aromatic rings. The molecule has 4 nitrogen and oxygen atoms in total. The summed E-state index contributed by atoms with van der Waals surface area (Å²) >= 11 is 0. The summed E-state index contributed by atoms with van der Waals surface area (Å²) in [4.78, 5) is 24.4. The van der Waals surface area contributed by atoms with E-state index < -0.39 is 11.9 Å². The van der Waals surface area contributed by atoms with Gasteiger partial charge in [-0.05, 0) is 30.5 Å². The van der Waals surface area contributed by atoms with Gasteiger partial charge in [-0.25, -0.2) is 4.39 Å². The molecule has 0 aromatic heterocycles. The summed E-state index contributed by atoms with van der Waals surface area (Å²) in [5.41, 5.74) is 0.780. The first kappa shape index (κ1) is 13.5. The molecule has 1 heterocycles. The Labute approximate surface area is 110 Å². The molecule has 5 heteroatoms. The SMILES string of the molecule is CC(=O)N1CCC(C(=O)O)CC1c1ccc(F)cc1. The number of carboxylic acid groups (broad SMARTS) is 1. The number of nitrogens with zero attached hydrogens (tertiary/aromatic N) is 1. The minimum absolute atomic E-state index is 0.0850. The van der Waals surface area contributed by atoms with Crippen molar-refractivity contribution in [1.82, 2.24) is 4.90 Å².